The van der Waals surface area contributed by atoms with Crippen LogP contribution in [0.5, 0.6) is 0 Å². The third-order valence-corrected chi connectivity index (χ3v) is 6.85. The van der Waals surface area contributed by atoms with Crippen LogP contribution in [-0.4, -0.2) is 35.4 Å². The summed E-state index contributed by atoms with van der Waals surface area (Å²) in [6.45, 7) is 6.52. The number of benzene rings is 2. The number of nitrogens with zero attached hydrogens (tertiary/aromatic N) is 2. The predicted molar refractivity (Wildman–Crippen MR) is 116 cm³/mol. The SMILES string of the molecule is Cc1ccccc1C(C)NC(=O)CN1CCC(c2nc3ccccc3s2)CC1. The standard InChI is InChI=1S/C23H27N3OS/c1-16-7-3-4-8-19(16)17(2)24-22(27)15-26-13-11-18(12-14-26)23-25-20-9-5-6-10-21(20)28-23/h3-10,17-18H,11-15H2,1-2H3,(H,24,27). The van der Waals surface area contributed by atoms with Gasteiger partial charge in [0.2, 0.25) is 5.91 Å². The first-order valence-corrected chi connectivity index (χ1v) is 10.8. The zero-order valence-corrected chi connectivity index (χ0v) is 17.3. The Balaban J connectivity index is 1.29. The monoisotopic (exact) mass is 393 g/mol. The van der Waals surface area contributed by atoms with Gasteiger partial charge in [0, 0.05) is 5.92 Å². The van der Waals surface area contributed by atoms with E-state index in [1.54, 1.807) is 0 Å². The predicted octanol–water partition coefficient (Wildman–Crippen LogP) is 4.66. The van der Waals surface area contributed by atoms with E-state index in [9.17, 15) is 4.79 Å². The molecule has 2 heterocycles. The van der Waals surface area contributed by atoms with Gasteiger partial charge in [0.25, 0.3) is 0 Å². The van der Waals surface area contributed by atoms with Gasteiger partial charge in [-0.2, -0.15) is 0 Å². The average molecular weight is 394 g/mol. The number of rotatable bonds is 5. The van der Waals surface area contributed by atoms with E-state index >= 15 is 0 Å². The molecule has 1 amide bonds. The van der Waals surface area contributed by atoms with Gasteiger partial charge in [0.1, 0.15) is 0 Å². The number of nitrogens with one attached hydrogen (secondary N) is 1. The molecule has 5 heteroatoms. The van der Waals surface area contributed by atoms with Crippen molar-refractivity contribution in [1.29, 1.82) is 0 Å². The topological polar surface area (TPSA) is 45.2 Å². The summed E-state index contributed by atoms with van der Waals surface area (Å²) in [5, 5.41) is 4.40. The van der Waals surface area contributed by atoms with E-state index in [1.807, 2.05) is 29.5 Å². The lowest BCUT2D eigenvalue weighted by molar-refractivity contribution is -0.123. The van der Waals surface area contributed by atoms with Gasteiger partial charge in [-0.25, -0.2) is 4.98 Å². The van der Waals surface area contributed by atoms with Crippen LogP contribution in [0.25, 0.3) is 10.2 Å². The van der Waals surface area contributed by atoms with Gasteiger partial charge in [0.05, 0.1) is 27.8 Å². The Kier molecular flexibility index (Phi) is 5.74. The van der Waals surface area contributed by atoms with Crippen molar-refractivity contribution in [1.82, 2.24) is 15.2 Å². The molecule has 4 rings (SSSR count). The van der Waals surface area contributed by atoms with Crippen LogP contribution in [0.15, 0.2) is 48.5 Å². The fourth-order valence-corrected chi connectivity index (χ4v) is 5.18. The van der Waals surface area contributed by atoms with Gasteiger partial charge in [-0.05, 0) is 63.0 Å². The second kappa shape index (κ2) is 8.41. The number of thiazole rings is 1. The molecule has 1 aromatic heterocycles. The second-order valence-corrected chi connectivity index (χ2v) is 8.78. The minimum absolute atomic E-state index is 0.0361. The van der Waals surface area contributed by atoms with Gasteiger partial charge in [0.15, 0.2) is 0 Å². The van der Waals surface area contributed by atoms with Gasteiger partial charge in [-0.15, -0.1) is 11.3 Å². The molecule has 1 unspecified atom stereocenters. The fraction of sp³-hybridized carbons (Fsp3) is 0.391. The number of fused-ring (bicyclic) bond motifs is 1. The van der Waals surface area contributed by atoms with Crippen LogP contribution >= 0.6 is 11.3 Å². The summed E-state index contributed by atoms with van der Waals surface area (Å²) >= 11 is 1.82. The lowest BCUT2D eigenvalue weighted by Gasteiger charge is -2.30. The Hall–Kier alpha value is -2.24. The zero-order valence-electron chi connectivity index (χ0n) is 16.5. The van der Waals surface area contributed by atoms with E-state index in [0.29, 0.717) is 12.5 Å². The number of hydrogen-bond donors (Lipinski definition) is 1. The molecule has 0 saturated carbocycles. The van der Waals surface area contributed by atoms with Crippen molar-refractivity contribution in [2.75, 3.05) is 19.6 Å². The van der Waals surface area contributed by atoms with Crippen molar-refractivity contribution in [2.24, 2.45) is 0 Å². The Morgan fingerprint density at radius 3 is 2.64 bits per heavy atom. The Morgan fingerprint density at radius 1 is 1.18 bits per heavy atom. The normalized spacial score (nSPS) is 16.9. The molecule has 0 spiro atoms. The van der Waals surface area contributed by atoms with Gasteiger partial charge < -0.3 is 5.32 Å². The van der Waals surface area contributed by atoms with Gasteiger partial charge in [-0.3, -0.25) is 9.69 Å². The molecule has 1 saturated heterocycles. The highest BCUT2D eigenvalue weighted by molar-refractivity contribution is 7.18. The molecule has 146 valence electrons. The van der Waals surface area contributed by atoms with Gasteiger partial charge in [-0.1, -0.05) is 36.4 Å². The van der Waals surface area contributed by atoms with E-state index in [1.165, 1.54) is 20.8 Å². The molecule has 2 aromatic carbocycles. The van der Waals surface area contributed by atoms with Gasteiger partial charge >= 0.3 is 0 Å². The van der Waals surface area contributed by atoms with Crippen LogP contribution in [0.4, 0.5) is 0 Å². The molecule has 0 bridgehead atoms. The number of carbonyl (C=O) groups excluding carboxylic acids is 1. The Morgan fingerprint density at radius 2 is 1.89 bits per heavy atom. The van der Waals surface area contributed by atoms with Crippen molar-refractivity contribution in [3.8, 4) is 0 Å². The smallest absolute Gasteiger partial charge is 0.234 e. The molecule has 4 nitrogen and oxygen atoms in total. The van der Waals surface area contributed by atoms with E-state index < -0.39 is 0 Å². The van der Waals surface area contributed by atoms with Crippen molar-refractivity contribution in [3.05, 3.63) is 64.7 Å². The zero-order chi connectivity index (χ0) is 19.5. The van der Waals surface area contributed by atoms with E-state index in [2.05, 4.69) is 54.4 Å². The lowest BCUT2D eigenvalue weighted by Crippen LogP contribution is -2.41. The number of piperidine rings is 1. The molecule has 0 aliphatic carbocycles. The van der Waals surface area contributed by atoms with Crippen LogP contribution in [0.3, 0.4) is 0 Å². The minimum atomic E-state index is 0.0361. The molecule has 3 aromatic rings. The van der Waals surface area contributed by atoms with Crippen LogP contribution in [0.2, 0.25) is 0 Å². The summed E-state index contributed by atoms with van der Waals surface area (Å²) in [5.74, 6) is 0.622. The van der Waals surface area contributed by atoms with E-state index in [-0.39, 0.29) is 11.9 Å². The third-order valence-electron chi connectivity index (χ3n) is 5.65. The summed E-state index contributed by atoms with van der Waals surface area (Å²) in [5.41, 5.74) is 3.51. The number of carbonyl (C=O) groups is 1. The lowest BCUT2D eigenvalue weighted by atomic mass is 9.97. The van der Waals surface area contributed by atoms with Crippen molar-refractivity contribution in [2.45, 2.75) is 38.6 Å². The largest absolute Gasteiger partial charge is 0.348 e. The maximum absolute atomic E-state index is 12.5. The third kappa shape index (κ3) is 4.26. The molecule has 1 fully saturated rings. The first kappa shape index (κ1) is 19.1. The first-order chi connectivity index (χ1) is 13.6. The van der Waals surface area contributed by atoms with Crippen LogP contribution in [0, 0.1) is 6.92 Å². The summed E-state index contributed by atoms with van der Waals surface area (Å²) < 4.78 is 1.27. The summed E-state index contributed by atoms with van der Waals surface area (Å²) in [7, 11) is 0. The number of hydrogen-bond acceptors (Lipinski definition) is 4. The fourth-order valence-electron chi connectivity index (χ4n) is 4.04. The number of aromatic nitrogens is 1. The van der Waals surface area contributed by atoms with E-state index in [4.69, 9.17) is 4.98 Å². The summed E-state index contributed by atoms with van der Waals surface area (Å²) in [6.07, 6.45) is 2.14. The average Bonchev–Trinajstić information content (AvgIpc) is 3.13. The molecule has 1 atom stereocenters. The van der Waals surface area contributed by atoms with Crippen LogP contribution < -0.4 is 5.32 Å². The number of likely N-dealkylation sites (tertiary alicyclic amines) is 1. The molecule has 1 aliphatic heterocycles. The maximum Gasteiger partial charge on any atom is 0.234 e. The molecule has 1 N–H and O–H groups in total. The summed E-state index contributed by atoms with van der Waals surface area (Å²) in [6, 6.07) is 16.6. The van der Waals surface area contributed by atoms with Crippen LogP contribution in [0.1, 0.15) is 47.9 Å². The first-order valence-electron chi connectivity index (χ1n) is 10.0. The van der Waals surface area contributed by atoms with Crippen molar-refractivity contribution >= 4 is 27.5 Å². The number of para-hydroxylation sites is 1. The minimum Gasteiger partial charge on any atom is -0.348 e. The second-order valence-electron chi connectivity index (χ2n) is 7.72. The highest BCUT2D eigenvalue weighted by Gasteiger charge is 2.24. The molecular formula is C23H27N3OS. The maximum atomic E-state index is 12.5. The Bertz CT molecular complexity index is 926. The van der Waals surface area contributed by atoms with Crippen molar-refractivity contribution in [3.63, 3.8) is 0 Å². The highest BCUT2D eigenvalue weighted by Crippen LogP contribution is 2.33. The molecular weight excluding hydrogens is 366 g/mol. The van der Waals surface area contributed by atoms with Crippen LogP contribution in [-0.2, 0) is 4.79 Å². The number of aryl methyl sites for hydroxylation is 1. The van der Waals surface area contributed by atoms with E-state index in [0.717, 1.165) is 31.4 Å². The molecule has 1 aliphatic rings. The molecule has 28 heavy (non-hydrogen) atoms. The molecule has 0 radical (unpaired) electrons. The van der Waals surface area contributed by atoms with Crippen molar-refractivity contribution < 1.29 is 4.79 Å². The highest BCUT2D eigenvalue weighted by atomic mass is 32.1. The quantitative estimate of drug-likeness (QED) is 0.686. The summed E-state index contributed by atoms with van der Waals surface area (Å²) in [4.78, 5) is 19.6. The number of amides is 1. The Labute approximate surface area is 170 Å².